The van der Waals surface area contributed by atoms with Crippen molar-refractivity contribution in [2.24, 2.45) is 5.92 Å². The summed E-state index contributed by atoms with van der Waals surface area (Å²) in [7, 11) is 1.94. The van der Waals surface area contributed by atoms with Gasteiger partial charge in [-0.3, -0.25) is 24.1 Å². The van der Waals surface area contributed by atoms with Crippen LogP contribution in [-0.4, -0.2) is 102 Å². The molecule has 0 bridgehead atoms. The van der Waals surface area contributed by atoms with Gasteiger partial charge >= 0.3 is 24.2 Å². The highest BCUT2D eigenvalue weighted by molar-refractivity contribution is 5.85. The summed E-state index contributed by atoms with van der Waals surface area (Å²) in [5.74, 6) is -2.39. The van der Waals surface area contributed by atoms with Crippen molar-refractivity contribution in [2.75, 3.05) is 26.7 Å². The molecule has 3 aromatic rings. The van der Waals surface area contributed by atoms with E-state index in [-0.39, 0.29) is 61.6 Å². The normalized spacial score (nSPS) is 23.4. The number of hydrogen-bond acceptors (Lipinski definition) is 15. The number of benzene rings is 3. The molecule has 7 rings (SSSR count). The lowest BCUT2D eigenvalue weighted by Crippen LogP contribution is -2.69. The van der Waals surface area contributed by atoms with Crippen molar-refractivity contribution in [3.63, 3.8) is 0 Å². The van der Waals surface area contributed by atoms with Gasteiger partial charge in [0.25, 0.3) is 11.8 Å². The number of amides is 2. The first-order valence-corrected chi connectivity index (χ1v) is 22.4. The second kappa shape index (κ2) is 18.9. The molecule has 2 amide bonds. The lowest BCUT2D eigenvalue weighted by molar-refractivity contribution is -0.187. The third-order valence-corrected chi connectivity index (χ3v) is 12.3. The highest BCUT2D eigenvalue weighted by atomic mass is 16.7. The molecule has 7 atom stereocenters. The number of likely N-dealkylation sites (tertiary alicyclic amines) is 1. The molecule has 4 aliphatic rings. The number of fused-ring (bicyclic) bond motifs is 3. The van der Waals surface area contributed by atoms with Gasteiger partial charge in [-0.2, -0.15) is 0 Å². The zero-order valence-electron chi connectivity index (χ0n) is 39.0. The van der Waals surface area contributed by atoms with Crippen LogP contribution < -0.4 is 15.4 Å². The Morgan fingerprint density at radius 1 is 0.776 bits per heavy atom. The number of carbonyl (C=O) groups is 6. The van der Waals surface area contributed by atoms with Crippen LogP contribution in [0.25, 0.3) is 0 Å². The Labute approximate surface area is 389 Å². The average molecular weight is 926 g/mol. The molecule has 0 radical (unpaired) electrons. The molecule has 67 heavy (non-hydrogen) atoms. The van der Waals surface area contributed by atoms with Crippen molar-refractivity contribution in [1.29, 1.82) is 0 Å². The predicted molar refractivity (Wildman–Crippen MR) is 239 cm³/mol. The number of hydrogen-bond donors (Lipinski definition) is 3. The maximum atomic E-state index is 14.2. The first-order chi connectivity index (χ1) is 31.6. The topological polar surface area (TPSA) is 215 Å². The molecule has 2 aliphatic carbocycles. The van der Waals surface area contributed by atoms with Gasteiger partial charge in [-0.25, -0.2) is 9.59 Å². The lowest BCUT2D eigenvalue weighted by Gasteiger charge is -2.54. The Bertz CT molecular complexity index is 2410. The number of nitrogens with one attached hydrogen (secondary N) is 2. The first kappa shape index (κ1) is 48.3. The van der Waals surface area contributed by atoms with Crippen LogP contribution in [0.15, 0.2) is 84.6 Å². The highest BCUT2D eigenvalue weighted by Gasteiger charge is 2.78. The molecule has 1 unspecified atom stereocenters. The van der Waals surface area contributed by atoms with Crippen molar-refractivity contribution in [1.82, 2.24) is 15.5 Å². The predicted octanol–water partition coefficient (Wildman–Crippen LogP) is 6.54. The molecular formula is C50H59N3O14. The Morgan fingerprint density at radius 3 is 1.81 bits per heavy atom. The number of aromatic hydroxyl groups is 1. The number of nitrogens with zero attached hydrogens (tertiary/aromatic N) is 1. The van der Waals surface area contributed by atoms with E-state index in [4.69, 9.17) is 33.2 Å². The smallest absolute Gasteiger partial charge is 0.504 e. The van der Waals surface area contributed by atoms with E-state index in [9.17, 15) is 33.9 Å². The van der Waals surface area contributed by atoms with Gasteiger partial charge in [-0.1, -0.05) is 66.7 Å². The standard InChI is InChI=1S/C50H59N3O14/c1-29-19-20-33(54)40-37(29)49-27-32-28-53(8)41(32)50(49,65-36(56)23-26-52-44(58)39(31-17-13-10-14-18-31)64-46(60)67-48(5,6)7)24-21-34(42(49)62-40)61-35(55)22-25-51-43(57)38(30-15-11-9-12-16-30)63-45(59)66-47(2,3)4/h9-21,32,38-39,41-42,54H,22-28H2,1-8H3,(H,51,57)(H,52,58)/t32?,38-,39-,41+,42-,49-,50+/m0/s1. The second-order valence-electron chi connectivity index (χ2n) is 19.4. The van der Waals surface area contributed by atoms with Gasteiger partial charge < -0.3 is 48.9 Å². The minimum absolute atomic E-state index is 0.0343. The molecule has 17 heteroatoms. The maximum absolute atomic E-state index is 14.2. The molecule has 358 valence electrons. The van der Waals surface area contributed by atoms with Gasteiger partial charge in [0.05, 0.1) is 24.3 Å². The molecule has 17 nitrogen and oxygen atoms in total. The Hall–Kier alpha value is -6.62. The third-order valence-electron chi connectivity index (χ3n) is 12.3. The van der Waals surface area contributed by atoms with Gasteiger partial charge in [0.2, 0.25) is 12.2 Å². The van der Waals surface area contributed by atoms with Gasteiger partial charge in [-0.05, 0) is 85.6 Å². The largest absolute Gasteiger partial charge is 0.509 e. The van der Waals surface area contributed by atoms with Crippen molar-refractivity contribution >= 4 is 36.1 Å². The first-order valence-electron chi connectivity index (χ1n) is 22.4. The molecule has 2 heterocycles. The van der Waals surface area contributed by atoms with Crippen molar-refractivity contribution in [2.45, 2.75) is 121 Å². The number of esters is 2. The van der Waals surface area contributed by atoms with Gasteiger partial charge in [0, 0.05) is 42.7 Å². The fraction of sp³-hybridized carbons (Fsp3) is 0.480. The number of likely N-dealkylation sites (N-methyl/N-ethyl adjacent to an activating group) is 1. The lowest BCUT2D eigenvalue weighted by atomic mass is 9.60. The Morgan fingerprint density at radius 2 is 1.30 bits per heavy atom. The summed E-state index contributed by atoms with van der Waals surface area (Å²) in [6.07, 6.45) is -4.05. The number of aryl methyl sites for hydroxylation is 1. The van der Waals surface area contributed by atoms with Crippen LogP contribution in [0.2, 0.25) is 0 Å². The van der Waals surface area contributed by atoms with Crippen LogP contribution in [0, 0.1) is 12.8 Å². The quantitative estimate of drug-likeness (QED) is 0.116. The number of phenols is 1. The molecule has 1 saturated heterocycles. The monoisotopic (exact) mass is 925 g/mol. The number of rotatable bonds is 14. The number of ether oxygens (including phenoxy) is 7. The summed E-state index contributed by atoms with van der Waals surface area (Å²) in [6, 6.07) is 19.8. The molecule has 1 spiro atoms. The van der Waals surface area contributed by atoms with Crippen molar-refractivity contribution in [3.05, 3.63) is 107 Å². The highest BCUT2D eigenvalue weighted by Crippen LogP contribution is 2.69. The molecule has 3 aromatic carbocycles. The zero-order valence-corrected chi connectivity index (χ0v) is 39.0. The summed E-state index contributed by atoms with van der Waals surface area (Å²) in [5, 5.41) is 16.6. The van der Waals surface area contributed by atoms with Crippen LogP contribution in [0.5, 0.6) is 11.5 Å². The average Bonchev–Trinajstić information content (AvgIpc) is 3.72. The SMILES string of the molecule is Cc1ccc(O)c2c1[C@]13CC4CN(C)[C@H]4[C@]1(OC(=O)CCNC(=O)[C@@H](OC(=O)OC(C)(C)C)c1ccccc1)CC=C(OC(=O)CCNC(=O)[C@@H](OC(=O)OC(C)(C)C)c1ccccc1)[C@@H]3O2. The van der Waals surface area contributed by atoms with Crippen LogP contribution in [-0.2, 0) is 53.0 Å². The minimum atomic E-state index is -1.36. The molecular weight excluding hydrogens is 867 g/mol. The van der Waals surface area contributed by atoms with Gasteiger partial charge in [-0.15, -0.1) is 0 Å². The van der Waals surface area contributed by atoms with Crippen LogP contribution in [0.4, 0.5) is 9.59 Å². The summed E-state index contributed by atoms with van der Waals surface area (Å²) in [5.41, 5.74) is -1.89. The molecule has 1 saturated carbocycles. The third kappa shape index (κ3) is 10.1. The van der Waals surface area contributed by atoms with Crippen LogP contribution >= 0.6 is 0 Å². The summed E-state index contributed by atoms with van der Waals surface area (Å²) in [4.78, 5) is 82.2. The fourth-order valence-corrected chi connectivity index (χ4v) is 9.90. The molecule has 2 fully saturated rings. The van der Waals surface area contributed by atoms with E-state index < -0.39 is 76.6 Å². The molecule has 2 aliphatic heterocycles. The summed E-state index contributed by atoms with van der Waals surface area (Å²) < 4.78 is 40.8. The minimum Gasteiger partial charge on any atom is -0.504 e. The molecule has 0 aromatic heterocycles. The van der Waals surface area contributed by atoms with Crippen molar-refractivity contribution < 1.29 is 67.0 Å². The van der Waals surface area contributed by atoms with Crippen molar-refractivity contribution in [3.8, 4) is 11.5 Å². The van der Waals surface area contributed by atoms with E-state index >= 15 is 0 Å². The van der Waals surface area contributed by atoms with Crippen LogP contribution in [0.1, 0.15) is 102 Å². The maximum Gasteiger partial charge on any atom is 0.509 e. The van der Waals surface area contributed by atoms with E-state index in [1.54, 1.807) is 114 Å². The van der Waals surface area contributed by atoms with E-state index in [2.05, 4.69) is 15.5 Å². The number of phenolic OH excluding ortho intramolecular Hbond substituents is 1. The van der Waals surface area contributed by atoms with E-state index in [0.717, 1.165) is 5.56 Å². The summed E-state index contributed by atoms with van der Waals surface area (Å²) in [6.45, 7) is 12.3. The Kier molecular flexibility index (Phi) is 13.7. The Balaban J connectivity index is 1.08. The van der Waals surface area contributed by atoms with Crippen LogP contribution in [0.3, 0.4) is 0 Å². The fourth-order valence-electron chi connectivity index (χ4n) is 9.90. The summed E-state index contributed by atoms with van der Waals surface area (Å²) >= 11 is 0. The molecule has 3 N–H and O–H groups in total. The van der Waals surface area contributed by atoms with Gasteiger partial charge in [0.15, 0.2) is 17.6 Å². The van der Waals surface area contributed by atoms with E-state index in [1.165, 1.54) is 6.07 Å². The number of carbonyl (C=O) groups excluding carboxylic acids is 6. The van der Waals surface area contributed by atoms with E-state index in [1.807, 2.05) is 14.0 Å². The van der Waals surface area contributed by atoms with E-state index in [0.29, 0.717) is 29.7 Å². The van der Waals surface area contributed by atoms with Gasteiger partial charge in [0.1, 0.15) is 22.6 Å². The zero-order chi connectivity index (χ0) is 48.5. The second-order valence-corrected chi connectivity index (χ2v) is 19.4.